The molecule has 0 aliphatic heterocycles. The first kappa shape index (κ1) is 11.7. The predicted octanol–water partition coefficient (Wildman–Crippen LogP) is 2.13. The van der Waals surface area contributed by atoms with Gasteiger partial charge in [0.05, 0.1) is 4.92 Å². The van der Waals surface area contributed by atoms with Crippen LogP contribution in [0.4, 0.5) is 5.69 Å². The Hall–Kier alpha value is -0.410. The van der Waals surface area contributed by atoms with Crippen LogP contribution in [0.1, 0.15) is 0 Å². The number of hydrogen-bond donors (Lipinski definition) is 0. The summed E-state index contributed by atoms with van der Waals surface area (Å²) in [5, 5.41) is 10.5. The summed E-state index contributed by atoms with van der Waals surface area (Å²) < 4.78 is 22.4. The first-order chi connectivity index (χ1) is 6.32. The van der Waals surface area contributed by atoms with E-state index in [1.165, 1.54) is 6.07 Å². The van der Waals surface area contributed by atoms with Crippen LogP contribution in [0.2, 0.25) is 0 Å². The Morgan fingerprint density at radius 2 is 2.00 bits per heavy atom. The number of benzene rings is 1. The van der Waals surface area contributed by atoms with E-state index in [1.54, 1.807) is 0 Å². The van der Waals surface area contributed by atoms with E-state index in [0.717, 1.165) is 12.1 Å². The molecule has 0 amide bonds. The molecule has 76 valence electrons. The highest BCUT2D eigenvalue weighted by molar-refractivity contribution is 14.1. The minimum absolute atomic E-state index is 0.482. The van der Waals surface area contributed by atoms with Gasteiger partial charge in [-0.25, -0.2) is 8.42 Å². The van der Waals surface area contributed by atoms with Crippen molar-refractivity contribution >= 4 is 48.0 Å². The zero-order valence-electron chi connectivity index (χ0n) is 6.48. The van der Waals surface area contributed by atoms with Crippen molar-refractivity contribution in [1.82, 2.24) is 0 Å². The molecule has 0 bridgehead atoms. The summed E-state index contributed by atoms with van der Waals surface area (Å²) in [6.07, 6.45) is 0. The van der Waals surface area contributed by atoms with Crippen molar-refractivity contribution in [3.8, 4) is 0 Å². The van der Waals surface area contributed by atoms with Gasteiger partial charge in [-0.15, -0.1) is 0 Å². The lowest BCUT2D eigenvalue weighted by Crippen LogP contribution is -1.98. The van der Waals surface area contributed by atoms with Crippen molar-refractivity contribution in [3.63, 3.8) is 0 Å². The Labute approximate surface area is 97.8 Å². The highest BCUT2D eigenvalue weighted by Crippen LogP contribution is 2.28. The molecule has 0 saturated heterocycles. The highest BCUT2D eigenvalue weighted by Gasteiger charge is 2.23. The van der Waals surface area contributed by atoms with E-state index in [4.69, 9.17) is 10.7 Å². The molecule has 0 heterocycles. The van der Waals surface area contributed by atoms with Gasteiger partial charge < -0.3 is 0 Å². The quantitative estimate of drug-likeness (QED) is 0.355. The van der Waals surface area contributed by atoms with Gasteiger partial charge in [0.1, 0.15) is 0 Å². The van der Waals surface area contributed by atoms with Gasteiger partial charge >= 0.3 is 0 Å². The summed E-state index contributed by atoms with van der Waals surface area (Å²) in [7, 11) is 0.957. The molecular formula is C6H3ClINO4S. The Morgan fingerprint density at radius 1 is 1.43 bits per heavy atom. The molecule has 5 nitrogen and oxygen atoms in total. The normalized spacial score (nSPS) is 11.3. The predicted molar refractivity (Wildman–Crippen MR) is 58.9 cm³/mol. The molecule has 8 heteroatoms. The van der Waals surface area contributed by atoms with Gasteiger partial charge in [-0.2, -0.15) is 0 Å². The molecule has 0 aromatic heterocycles. The van der Waals surface area contributed by atoms with Gasteiger partial charge in [-0.1, -0.05) is 0 Å². The van der Waals surface area contributed by atoms with E-state index in [-0.39, 0.29) is 0 Å². The summed E-state index contributed by atoms with van der Waals surface area (Å²) >= 11 is 1.84. The van der Waals surface area contributed by atoms with Gasteiger partial charge in [-0.05, 0) is 34.7 Å². The molecule has 0 aliphatic carbocycles. The second kappa shape index (κ2) is 3.99. The molecule has 0 unspecified atom stereocenters. The van der Waals surface area contributed by atoms with E-state index in [0.29, 0.717) is 3.57 Å². The first-order valence-corrected chi connectivity index (χ1v) is 6.60. The van der Waals surface area contributed by atoms with E-state index < -0.39 is 24.6 Å². The molecule has 14 heavy (non-hydrogen) atoms. The third-order valence-electron chi connectivity index (χ3n) is 1.38. The zero-order valence-corrected chi connectivity index (χ0v) is 10.2. The fourth-order valence-electron chi connectivity index (χ4n) is 0.839. The van der Waals surface area contributed by atoms with Crippen molar-refractivity contribution < 1.29 is 13.3 Å². The van der Waals surface area contributed by atoms with Crippen LogP contribution in [0.15, 0.2) is 23.1 Å². The maximum absolute atomic E-state index is 10.9. The van der Waals surface area contributed by atoms with Crippen LogP contribution < -0.4 is 0 Å². The maximum Gasteiger partial charge on any atom is 0.290 e. The average Bonchev–Trinajstić information content (AvgIpc) is 2.01. The van der Waals surface area contributed by atoms with Gasteiger partial charge in [-0.3, -0.25) is 10.1 Å². The fraction of sp³-hybridized carbons (Fsp3) is 0. The summed E-state index contributed by atoms with van der Waals surface area (Å²) in [4.78, 5) is 9.24. The lowest BCUT2D eigenvalue weighted by atomic mass is 10.3. The lowest BCUT2D eigenvalue weighted by Gasteiger charge is -1.98. The molecule has 0 aliphatic rings. The largest absolute Gasteiger partial charge is 0.290 e. The monoisotopic (exact) mass is 347 g/mol. The molecular weight excluding hydrogens is 344 g/mol. The van der Waals surface area contributed by atoms with E-state index >= 15 is 0 Å². The summed E-state index contributed by atoms with van der Waals surface area (Å²) in [6, 6.07) is 3.70. The van der Waals surface area contributed by atoms with Crippen LogP contribution in [-0.2, 0) is 9.05 Å². The number of halogens is 2. The Morgan fingerprint density at radius 3 is 2.43 bits per heavy atom. The fourth-order valence-corrected chi connectivity index (χ4v) is 2.32. The van der Waals surface area contributed by atoms with Gasteiger partial charge in [0.25, 0.3) is 14.7 Å². The van der Waals surface area contributed by atoms with Crippen LogP contribution in [-0.4, -0.2) is 13.3 Å². The topological polar surface area (TPSA) is 77.3 Å². The second-order valence-electron chi connectivity index (χ2n) is 2.31. The average molecular weight is 348 g/mol. The van der Waals surface area contributed by atoms with Crippen molar-refractivity contribution in [1.29, 1.82) is 0 Å². The first-order valence-electron chi connectivity index (χ1n) is 3.21. The third-order valence-corrected chi connectivity index (χ3v) is 3.42. The Kier molecular flexibility index (Phi) is 3.32. The number of nitro benzene ring substituents is 1. The van der Waals surface area contributed by atoms with Crippen molar-refractivity contribution in [2.45, 2.75) is 4.90 Å². The molecule has 0 fully saturated rings. The van der Waals surface area contributed by atoms with Crippen molar-refractivity contribution in [2.24, 2.45) is 0 Å². The van der Waals surface area contributed by atoms with Gasteiger partial charge in [0, 0.05) is 20.3 Å². The Bertz CT molecular complexity index is 487. The van der Waals surface area contributed by atoms with E-state index in [9.17, 15) is 18.5 Å². The molecule has 1 rings (SSSR count). The minimum atomic E-state index is -4.07. The number of rotatable bonds is 2. The van der Waals surface area contributed by atoms with Crippen LogP contribution in [0.3, 0.4) is 0 Å². The van der Waals surface area contributed by atoms with Gasteiger partial charge in [0.15, 0.2) is 4.90 Å². The molecule has 1 aromatic carbocycles. The summed E-state index contributed by atoms with van der Waals surface area (Å²) in [6.45, 7) is 0. The molecule has 1 aromatic rings. The van der Waals surface area contributed by atoms with Crippen LogP contribution in [0.5, 0.6) is 0 Å². The maximum atomic E-state index is 10.9. The SMILES string of the molecule is O=[N+]([O-])c1cc(I)ccc1S(=O)(=O)Cl. The number of nitrogens with zero attached hydrogens (tertiary/aromatic N) is 1. The lowest BCUT2D eigenvalue weighted by molar-refractivity contribution is -0.387. The van der Waals surface area contributed by atoms with E-state index in [2.05, 4.69) is 0 Å². The summed E-state index contributed by atoms with van der Waals surface area (Å²) in [5.41, 5.74) is -0.507. The number of nitro groups is 1. The standard InChI is InChI=1S/C6H3ClINO4S/c7-14(12,13)6-2-1-4(8)3-5(6)9(10)11/h1-3H. The second-order valence-corrected chi connectivity index (χ2v) is 6.09. The van der Waals surface area contributed by atoms with Crippen LogP contribution in [0.25, 0.3) is 0 Å². The molecule has 0 radical (unpaired) electrons. The smallest absolute Gasteiger partial charge is 0.258 e. The molecule has 0 atom stereocenters. The van der Waals surface area contributed by atoms with Gasteiger partial charge in [0.2, 0.25) is 0 Å². The molecule has 0 spiro atoms. The van der Waals surface area contributed by atoms with Crippen molar-refractivity contribution in [3.05, 3.63) is 31.9 Å². The van der Waals surface area contributed by atoms with Crippen LogP contribution in [0, 0.1) is 13.7 Å². The Balaban J connectivity index is 3.53. The summed E-state index contributed by atoms with van der Waals surface area (Å²) in [5.74, 6) is 0. The highest BCUT2D eigenvalue weighted by atomic mass is 127. The van der Waals surface area contributed by atoms with Crippen molar-refractivity contribution in [2.75, 3.05) is 0 Å². The molecule has 0 N–H and O–H groups in total. The van der Waals surface area contributed by atoms with E-state index in [1.807, 2.05) is 22.6 Å². The third kappa shape index (κ3) is 2.55. The molecule has 0 saturated carbocycles. The minimum Gasteiger partial charge on any atom is -0.258 e. The zero-order chi connectivity index (χ0) is 10.9. The number of hydrogen-bond acceptors (Lipinski definition) is 4. The van der Waals surface area contributed by atoms with Crippen LogP contribution >= 0.6 is 33.3 Å².